The number of aromatic hydroxyl groups is 1. The van der Waals surface area contributed by atoms with E-state index in [9.17, 15) is 30.0 Å². The minimum Gasteiger partial charge on any atom is -0.508 e. The Labute approximate surface area is 302 Å². The number of fused-ring (bicyclic) bond motifs is 1. The molecule has 0 spiro atoms. The Balaban J connectivity index is 1.20. The molecule has 17 heteroatoms. The number of rotatable bonds is 12. The Morgan fingerprint density at radius 1 is 0.887 bits per heavy atom. The first-order chi connectivity index (χ1) is 25.8. The van der Waals surface area contributed by atoms with E-state index in [1.807, 2.05) is 36.4 Å². The molecule has 1 aliphatic carbocycles. The second-order valence-electron chi connectivity index (χ2n) is 12.6. The first-order valence-corrected chi connectivity index (χ1v) is 16.9. The second-order valence-corrected chi connectivity index (χ2v) is 12.6. The fourth-order valence-corrected chi connectivity index (χ4v) is 6.46. The van der Waals surface area contributed by atoms with Crippen LogP contribution in [-0.4, -0.2) is 98.0 Å². The highest BCUT2D eigenvalue weighted by Crippen LogP contribution is 2.35. The summed E-state index contributed by atoms with van der Waals surface area (Å²) in [5.41, 5.74) is 3.53. The molecule has 1 aliphatic rings. The predicted molar refractivity (Wildman–Crippen MR) is 192 cm³/mol. The Morgan fingerprint density at radius 2 is 1.62 bits per heavy atom. The minimum absolute atomic E-state index is 0.0323. The van der Waals surface area contributed by atoms with Gasteiger partial charge in [-0.15, -0.1) is 5.10 Å². The van der Waals surface area contributed by atoms with Crippen LogP contribution in [0, 0.1) is 0 Å². The van der Waals surface area contributed by atoms with Crippen molar-refractivity contribution in [1.29, 1.82) is 0 Å². The zero-order valence-corrected chi connectivity index (χ0v) is 28.2. The van der Waals surface area contributed by atoms with Crippen molar-refractivity contribution in [2.75, 3.05) is 23.8 Å². The van der Waals surface area contributed by atoms with Gasteiger partial charge in [0, 0.05) is 19.0 Å². The van der Waals surface area contributed by atoms with Gasteiger partial charge in [0.2, 0.25) is 5.91 Å². The molecule has 0 saturated heterocycles. The molecular weight excluding hydrogens is 682 g/mol. The predicted octanol–water partition coefficient (Wildman–Crippen LogP) is 1.82. The van der Waals surface area contributed by atoms with E-state index in [1.165, 1.54) is 29.5 Å². The average molecular weight is 720 g/mol. The van der Waals surface area contributed by atoms with Crippen LogP contribution < -0.4 is 21.3 Å². The molecule has 3 aromatic heterocycles. The van der Waals surface area contributed by atoms with E-state index < -0.39 is 42.8 Å². The van der Waals surface area contributed by atoms with Gasteiger partial charge in [0.25, 0.3) is 11.9 Å². The number of phenols is 1. The summed E-state index contributed by atoms with van der Waals surface area (Å²) in [5, 5.41) is 56.4. The summed E-state index contributed by atoms with van der Waals surface area (Å²) in [4.78, 5) is 42.9. The molecule has 3 amide bonds. The molecular formula is C36H37N11O6. The van der Waals surface area contributed by atoms with Crippen molar-refractivity contribution in [2.45, 2.75) is 43.2 Å². The maximum atomic E-state index is 12.6. The van der Waals surface area contributed by atoms with Crippen LogP contribution in [0.5, 0.6) is 5.75 Å². The lowest BCUT2D eigenvalue weighted by Crippen LogP contribution is -2.44. The summed E-state index contributed by atoms with van der Waals surface area (Å²) in [6.45, 7) is -0.195. The van der Waals surface area contributed by atoms with Gasteiger partial charge in [-0.1, -0.05) is 72.8 Å². The lowest BCUT2D eigenvalue weighted by molar-refractivity contribution is -0.125. The molecule has 4 atom stereocenters. The smallest absolute Gasteiger partial charge is 0.321 e. The molecule has 3 heterocycles. The number of phenolic OH excluding ortho intramolecular Hbond substituents is 1. The van der Waals surface area contributed by atoms with E-state index >= 15 is 0 Å². The molecule has 0 radical (unpaired) electrons. The number of carbonyl (C=O) groups excluding carboxylic acids is 2. The van der Waals surface area contributed by atoms with Crippen LogP contribution in [0.25, 0.3) is 17.1 Å². The van der Waals surface area contributed by atoms with E-state index in [0.29, 0.717) is 29.1 Å². The van der Waals surface area contributed by atoms with Crippen molar-refractivity contribution in [2.24, 2.45) is 0 Å². The number of aromatic nitrogens is 7. The molecule has 6 aromatic rings. The summed E-state index contributed by atoms with van der Waals surface area (Å²) < 4.78 is 2.89. The van der Waals surface area contributed by atoms with E-state index in [4.69, 9.17) is 9.97 Å². The van der Waals surface area contributed by atoms with Crippen LogP contribution in [0.15, 0.2) is 97.6 Å². The fraction of sp³-hybridized carbons (Fsp3) is 0.250. The number of benzene rings is 3. The molecule has 53 heavy (non-hydrogen) atoms. The molecule has 8 N–H and O–H groups in total. The molecule has 3 aromatic carbocycles. The highest BCUT2D eigenvalue weighted by atomic mass is 16.3. The number of hydrogen-bond donors (Lipinski definition) is 8. The average Bonchev–Trinajstić information content (AvgIpc) is 3.89. The zero-order valence-electron chi connectivity index (χ0n) is 28.2. The van der Waals surface area contributed by atoms with Crippen molar-refractivity contribution in [1.82, 2.24) is 44.9 Å². The van der Waals surface area contributed by atoms with Crippen molar-refractivity contribution < 1.29 is 30.0 Å². The van der Waals surface area contributed by atoms with Crippen molar-refractivity contribution >= 4 is 34.9 Å². The van der Waals surface area contributed by atoms with Gasteiger partial charge in [-0.25, -0.2) is 9.78 Å². The van der Waals surface area contributed by atoms with Crippen LogP contribution in [0.2, 0.25) is 0 Å². The van der Waals surface area contributed by atoms with Gasteiger partial charge in [-0.2, -0.15) is 19.6 Å². The van der Waals surface area contributed by atoms with Crippen LogP contribution >= 0.6 is 0 Å². The highest BCUT2D eigenvalue weighted by molar-refractivity contribution is 5.87. The van der Waals surface area contributed by atoms with Gasteiger partial charge in [0.1, 0.15) is 30.9 Å². The van der Waals surface area contributed by atoms with Gasteiger partial charge in [-0.05, 0) is 35.2 Å². The minimum atomic E-state index is -1.31. The lowest BCUT2D eigenvalue weighted by Gasteiger charge is -2.20. The van der Waals surface area contributed by atoms with Crippen molar-refractivity contribution in [3.63, 3.8) is 0 Å². The summed E-state index contributed by atoms with van der Waals surface area (Å²) >= 11 is 0. The first-order valence-electron chi connectivity index (χ1n) is 16.9. The molecule has 1 saturated carbocycles. The molecule has 1 fully saturated rings. The normalized spacial score (nSPS) is 18.3. The van der Waals surface area contributed by atoms with Crippen LogP contribution in [0.1, 0.15) is 35.1 Å². The molecule has 0 bridgehead atoms. The number of amides is 3. The summed E-state index contributed by atoms with van der Waals surface area (Å²) in [6, 6.07) is 24.4. The molecule has 0 unspecified atom stereocenters. The highest BCUT2D eigenvalue weighted by Gasteiger charge is 2.44. The van der Waals surface area contributed by atoms with Gasteiger partial charge >= 0.3 is 6.03 Å². The van der Waals surface area contributed by atoms with Crippen LogP contribution in [0.3, 0.4) is 0 Å². The van der Waals surface area contributed by atoms with Gasteiger partial charge in [0.15, 0.2) is 17.0 Å². The standard InChI is InChI=1S/C36H37N11O6/c48-18-28(50)41-26-15-27(31(52)30(26)51)46-19-39-29-32(37-17-25(22-9-3-1-4-10-22)23-11-5-2-6-12-23)42-35(43-33(29)46)47-20-40-34(45-47)44-36(53)38-16-21-8-7-13-24(49)14-21/h1-14,19-20,25-27,30-31,48-49,51-52H,15-18H2,(H,41,50)(H,37,42,43)(H2,38,44,45,53)/t26-,27+,30+,31-/m0/s1. The number of imidazole rings is 1. The number of urea groups is 1. The Kier molecular flexibility index (Phi) is 10.2. The number of carbonyl (C=O) groups is 2. The third kappa shape index (κ3) is 7.76. The number of hydrogen-bond acceptors (Lipinski definition) is 12. The number of nitrogens with one attached hydrogen (secondary N) is 4. The number of aliphatic hydroxyl groups excluding tert-OH is 3. The van der Waals surface area contributed by atoms with Gasteiger partial charge < -0.3 is 40.9 Å². The zero-order chi connectivity index (χ0) is 36.9. The van der Waals surface area contributed by atoms with Crippen LogP contribution in [0.4, 0.5) is 16.6 Å². The Morgan fingerprint density at radius 3 is 2.32 bits per heavy atom. The molecule has 17 nitrogen and oxygen atoms in total. The first kappa shape index (κ1) is 35.0. The van der Waals surface area contributed by atoms with Gasteiger partial charge in [-0.3, -0.25) is 10.1 Å². The SMILES string of the molecule is O=C(CO)N[C@H]1C[C@@H](n2cnc3c(NCC(c4ccccc4)c4ccccc4)nc(-n4cnc(NC(=O)NCc5cccc(O)c5)n4)nc32)[C@H](O)[C@@H]1O. The van der Waals surface area contributed by atoms with E-state index in [0.717, 1.165) is 11.1 Å². The van der Waals surface area contributed by atoms with Crippen LogP contribution in [-0.2, 0) is 11.3 Å². The quantitative estimate of drug-likeness (QED) is 0.0904. The Hall–Kier alpha value is -6.43. The lowest BCUT2D eigenvalue weighted by atomic mass is 9.91. The molecule has 272 valence electrons. The van der Waals surface area contributed by atoms with E-state index in [1.54, 1.807) is 16.7 Å². The number of nitrogens with zero attached hydrogens (tertiary/aromatic N) is 7. The number of anilines is 2. The van der Waals surface area contributed by atoms with E-state index in [-0.39, 0.29) is 36.5 Å². The summed E-state index contributed by atoms with van der Waals surface area (Å²) in [7, 11) is 0. The Bertz CT molecular complexity index is 2160. The monoisotopic (exact) mass is 719 g/mol. The maximum Gasteiger partial charge on any atom is 0.321 e. The third-order valence-corrected chi connectivity index (χ3v) is 9.07. The van der Waals surface area contributed by atoms with Gasteiger partial charge in [0.05, 0.1) is 18.4 Å². The molecule has 7 rings (SSSR count). The fourth-order valence-electron chi connectivity index (χ4n) is 6.46. The summed E-state index contributed by atoms with van der Waals surface area (Å²) in [6.07, 6.45) is 0.338. The molecule has 0 aliphatic heterocycles. The second kappa shape index (κ2) is 15.4. The third-order valence-electron chi connectivity index (χ3n) is 9.07. The van der Waals surface area contributed by atoms with Crippen molar-refractivity contribution in [3.8, 4) is 11.7 Å². The maximum absolute atomic E-state index is 12.6. The van der Waals surface area contributed by atoms with E-state index in [2.05, 4.69) is 60.6 Å². The van der Waals surface area contributed by atoms with Crippen molar-refractivity contribution in [3.05, 3.63) is 114 Å². The number of aliphatic hydroxyl groups is 3. The largest absolute Gasteiger partial charge is 0.508 e. The summed E-state index contributed by atoms with van der Waals surface area (Å²) in [5.74, 6) is -0.279. The topological polar surface area (TPSA) is 237 Å².